The summed E-state index contributed by atoms with van der Waals surface area (Å²) < 4.78 is 78.7. The first-order chi connectivity index (χ1) is 20.3. The van der Waals surface area contributed by atoms with Gasteiger partial charge in [-0.3, -0.25) is 21.5 Å². The number of carbonyl (C=O) groups excluding carboxylic acids is 1. The first-order valence-corrected chi connectivity index (χ1v) is 14.3. The lowest BCUT2D eigenvalue weighted by Gasteiger charge is -2.25. The number of amides is 2. The molecule has 0 heterocycles. The number of nitrogens with one attached hydrogen (secondary N) is 4. The largest absolute Gasteiger partial charge is 0.416 e. The molecule has 0 radical (unpaired) electrons. The van der Waals surface area contributed by atoms with Crippen molar-refractivity contribution < 1.29 is 36.0 Å². The average molecular weight is 616 g/mol. The van der Waals surface area contributed by atoms with Gasteiger partial charge in [0, 0.05) is 17.4 Å². The minimum absolute atomic E-state index is 0.00446. The van der Waals surface area contributed by atoms with Crippen LogP contribution in [0.15, 0.2) is 95.9 Å². The first-order valence-electron chi connectivity index (χ1n) is 12.5. The molecule has 0 atom stereocenters. The Morgan fingerprint density at radius 1 is 0.953 bits per heavy atom. The topological polar surface area (TPSA) is 135 Å². The Hall–Kier alpha value is -4.95. The number of carbonyl (C=O) groups is 1. The number of hydrazine groups is 1. The highest BCUT2D eigenvalue weighted by Gasteiger charge is 2.30. The predicted octanol–water partition coefficient (Wildman–Crippen LogP) is 6.28. The van der Waals surface area contributed by atoms with Gasteiger partial charge in [0.25, 0.3) is 0 Å². The second-order valence-electron chi connectivity index (χ2n) is 9.35. The number of amidine groups is 1. The van der Waals surface area contributed by atoms with Crippen molar-refractivity contribution in [2.45, 2.75) is 17.6 Å². The van der Waals surface area contributed by atoms with E-state index in [2.05, 4.69) is 10.7 Å². The molecule has 0 bridgehead atoms. The van der Waals surface area contributed by atoms with Gasteiger partial charge in [-0.05, 0) is 53.6 Å². The molecular formula is C29H25F4N5O4S. The molecule has 0 saturated carbocycles. The van der Waals surface area contributed by atoms with Gasteiger partial charge >= 0.3 is 12.2 Å². The predicted molar refractivity (Wildman–Crippen MR) is 153 cm³/mol. The molecule has 0 spiro atoms. The molecule has 0 fully saturated rings. The molecule has 43 heavy (non-hydrogen) atoms. The number of hydrogen-bond donors (Lipinski definition) is 5. The van der Waals surface area contributed by atoms with Crippen LogP contribution in [0.2, 0.25) is 0 Å². The molecule has 4 aromatic rings. The Kier molecular flexibility index (Phi) is 9.01. The summed E-state index contributed by atoms with van der Waals surface area (Å²) >= 11 is 0. The SMILES string of the molecule is CS(=O)(=O)c1ccccc1-c1ccc(NC(=O)N(Cc2ccc(C(F)(F)F)cc2)Nc2cccc(C(=N)NO)c2)c(F)c1. The number of hydroxylamine groups is 1. The molecule has 0 aliphatic rings. The highest BCUT2D eigenvalue weighted by Crippen LogP contribution is 2.31. The molecule has 5 N–H and O–H groups in total. The Bertz CT molecular complexity index is 1760. The summed E-state index contributed by atoms with van der Waals surface area (Å²) in [4.78, 5) is 13.4. The highest BCUT2D eigenvalue weighted by atomic mass is 32.2. The molecule has 4 rings (SSSR count). The summed E-state index contributed by atoms with van der Waals surface area (Å²) in [5, 5.41) is 20.2. The zero-order valence-electron chi connectivity index (χ0n) is 22.4. The van der Waals surface area contributed by atoms with E-state index >= 15 is 4.39 Å². The van der Waals surface area contributed by atoms with Crippen LogP contribution in [0.5, 0.6) is 0 Å². The van der Waals surface area contributed by atoms with E-state index in [0.717, 1.165) is 29.5 Å². The first kappa shape index (κ1) is 31.0. The third-order valence-electron chi connectivity index (χ3n) is 6.20. The Morgan fingerprint density at radius 3 is 2.28 bits per heavy atom. The fourth-order valence-electron chi connectivity index (χ4n) is 4.10. The van der Waals surface area contributed by atoms with E-state index < -0.39 is 33.4 Å². The van der Waals surface area contributed by atoms with E-state index in [0.29, 0.717) is 5.56 Å². The maximum absolute atomic E-state index is 15.2. The van der Waals surface area contributed by atoms with E-state index in [1.165, 1.54) is 60.7 Å². The number of hydrogen-bond acceptors (Lipinski definition) is 6. The van der Waals surface area contributed by atoms with E-state index in [1.807, 2.05) is 0 Å². The van der Waals surface area contributed by atoms with Gasteiger partial charge in [0.15, 0.2) is 9.84 Å². The van der Waals surface area contributed by atoms with Crippen LogP contribution in [0.25, 0.3) is 11.1 Å². The minimum Gasteiger partial charge on any atom is -0.304 e. The second kappa shape index (κ2) is 12.5. The summed E-state index contributed by atoms with van der Waals surface area (Å²) in [5.41, 5.74) is 4.74. The van der Waals surface area contributed by atoms with Crippen molar-refractivity contribution >= 4 is 33.1 Å². The van der Waals surface area contributed by atoms with Crippen LogP contribution in [0, 0.1) is 11.2 Å². The van der Waals surface area contributed by atoms with Crippen molar-refractivity contribution in [1.29, 1.82) is 5.41 Å². The molecule has 9 nitrogen and oxygen atoms in total. The van der Waals surface area contributed by atoms with Gasteiger partial charge in [-0.1, -0.05) is 48.5 Å². The van der Waals surface area contributed by atoms with Crippen molar-refractivity contribution in [3.63, 3.8) is 0 Å². The zero-order valence-corrected chi connectivity index (χ0v) is 23.2. The molecule has 0 saturated heterocycles. The highest BCUT2D eigenvalue weighted by molar-refractivity contribution is 7.90. The number of rotatable bonds is 8. The zero-order chi connectivity index (χ0) is 31.4. The van der Waals surface area contributed by atoms with E-state index in [4.69, 9.17) is 10.6 Å². The lowest BCUT2D eigenvalue weighted by Crippen LogP contribution is -2.39. The lowest BCUT2D eigenvalue weighted by atomic mass is 10.1. The smallest absolute Gasteiger partial charge is 0.304 e. The standard InChI is InChI=1S/C29H25F4N5O4S/c1-43(41,42)26-8-3-2-7-23(26)19-11-14-25(24(30)16-19)35-28(39)38(17-18-9-12-21(13-10-18)29(31,32)33)36-22-6-4-5-20(15-22)27(34)37-40/h2-16,36,40H,17H2,1H3,(H2,34,37)(H,35,39). The van der Waals surface area contributed by atoms with Gasteiger partial charge in [-0.2, -0.15) is 13.2 Å². The molecule has 0 aliphatic heterocycles. The number of nitrogens with zero attached hydrogens (tertiary/aromatic N) is 1. The van der Waals surface area contributed by atoms with Gasteiger partial charge in [-0.25, -0.2) is 22.6 Å². The number of halogens is 4. The fourth-order valence-corrected chi connectivity index (χ4v) is 5.01. The van der Waals surface area contributed by atoms with Gasteiger partial charge in [0.05, 0.1) is 28.4 Å². The van der Waals surface area contributed by atoms with Crippen LogP contribution in [0.1, 0.15) is 16.7 Å². The Labute approximate surface area is 244 Å². The molecule has 14 heteroatoms. The number of urea groups is 1. The number of benzene rings is 4. The van der Waals surface area contributed by atoms with Crippen molar-refractivity contribution in [2.75, 3.05) is 17.0 Å². The van der Waals surface area contributed by atoms with Crippen LogP contribution in [0.4, 0.5) is 33.7 Å². The maximum Gasteiger partial charge on any atom is 0.416 e. The van der Waals surface area contributed by atoms with Gasteiger partial charge in [0.2, 0.25) is 0 Å². The number of sulfone groups is 1. The number of anilines is 2. The Morgan fingerprint density at radius 2 is 1.65 bits per heavy atom. The summed E-state index contributed by atoms with van der Waals surface area (Å²) in [6.07, 6.45) is -3.51. The molecule has 0 aliphatic carbocycles. The van der Waals surface area contributed by atoms with Crippen molar-refractivity contribution in [3.8, 4) is 11.1 Å². The molecular weight excluding hydrogens is 590 g/mol. The van der Waals surface area contributed by atoms with Gasteiger partial charge < -0.3 is 5.32 Å². The fraction of sp³-hybridized carbons (Fsp3) is 0.103. The Balaban J connectivity index is 1.62. The summed E-state index contributed by atoms with van der Waals surface area (Å²) in [6, 6.07) is 19.1. The molecule has 4 aromatic carbocycles. The van der Waals surface area contributed by atoms with Gasteiger partial charge in [0.1, 0.15) is 11.7 Å². The third kappa shape index (κ3) is 7.67. The van der Waals surface area contributed by atoms with E-state index in [-0.39, 0.29) is 45.3 Å². The van der Waals surface area contributed by atoms with Crippen LogP contribution in [-0.4, -0.2) is 36.8 Å². The van der Waals surface area contributed by atoms with Crippen molar-refractivity contribution in [2.24, 2.45) is 0 Å². The summed E-state index contributed by atoms with van der Waals surface area (Å²) in [5.74, 6) is -1.20. The van der Waals surface area contributed by atoms with E-state index in [9.17, 15) is 26.4 Å². The minimum atomic E-state index is -4.55. The molecule has 0 unspecified atom stereocenters. The average Bonchev–Trinajstić information content (AvgIpc) is 2.97. The number of alkyl halides is 3. The van der Waals surface area contributed by atoms with Crippen LogP contribution in [0.3, 0.4) is 0 Å². The van der Waals surface area contributed by atoms with Crippen molar-refractivity contribution in [1.82, 2.24) is 10.5 Å². The molecule has 0 aromatic heterocycles. The second-order valence-corrected chi connectivity index (χ2v) is 11.3. The lowest BCUT2D eigenvalue weighted by molar-refractivity contribution is -0.137. The summed E-state index contributed by atoms with van der Waals surface area (Å²) in [6.45, 7) is -0.259. The van der Waals surface area contributed by atoms with Crippen LogP contribution in [-0.2, 0) is 22.6 Å². The monoisotopic (exact) mass is 615 g/mol. The normalized spacial score (nSPS) is 11.5. The van der Waals surface area contributed by atoms with E-state index in [1.54, 1.807) is 17.6 Å². The van der Waals surface area contributed by atoms with Crippen LogP contribution < -0.4 is 16.2 Å². The third-order valence-corrected chi connectivity index (χ3v) is 7.36. The van der Waals surface area contributed by atoms with Crippen molar-refractivity contribution in [3.05, 3.63) is 114 Å². The van der Waals surface area contributed by atoms with Crippen LogP contribution >= 0.6 is 0 Å². The molecule has 2 amide bonds. The molecule has 224 valence electrons. The van der Waals surface area contributed by atoms with Gasteiger partial charge in [-0.15, -0.1) is 0 Å². The maximum atomic E-state index is 15.2. The quantitative estimate of drug-likeness (QED) is 0.0686. The summed E-state index contributed by atoms with van der Waals surface area (Å²) in [7, 11) is -3.62.